The normalized spacial score (nSPS) is 11.8. The van der Waals surface area contributed by atoms with Gasteiger partial charge in [0.25, 0.3) is 5.91 Å². The first-order valence-corrected chi connectivity index (χ1v) is 7.99. The number of amides is 1. The molecular weight excluding hydrogens is 342 g/mol. The van der Waals surface area contributed by atoms with Crippen molar-refractivity contribution in [2.75, 3.05) is 7.11 Å². The summed E-state index contributed by atoms with van der Waals surface area (Å²) in [6, 6.07) is 13.7. The monoisotopic (exact) mass is 357 g/mol. The summed E-state index contributed by atoms with van der Waals surface area (Å²) in [5.41, 5.74) is 1.19. The molecule has 1 N–H and O–H groups in total. The van der Waals surface area contributed by atoms with Gasteiger partial charge in [-0.25, -0.2) is 0 Å². The predicted octanol–water partition coefficient (Wildman–Crippen LogP) is 3.89. The number of carbonyl (C=O) groups is 1. The minimum atomic E-state index is -0.455. The van der Waals surface area contributed by atoms with Crippen molar-refractivity contribution in [3.05, 3.63) is 65.0 Å². The van der Waals surface area contributed by atoms with Crippen molar-refractivity contribution in [3.8, 4) is 17.1 Å². The van der Waals surface area contributed by atoms with Crippen LogP contribution in [0.15, 0.2) is 53.1 Å². The molecule has 1 atom stereocenters. The van der Waals surface area contributed by atoms with Crippen molar-refractivity contribution in [2.45, 2.75) is 13.0 Å². The van der Waals surface area contributed by atoms with Gasteiger partial charge >= 0.3 is 0 Å². The quantitative estimate of drug-likeness (QED) is 0.749. The lowest BCUT2D eigenvalue weighted by atomic mass is 10.2. The highest BCUT2D eigenvalue weighted by molar-refractivity contribution is 6.33. The SMILES string of the molecule is COc1ccc(-c2noc(C(C)NC(=O)c3ccccc3Cl)n2)cc1. The number of nitrogens with one attached hydrogen (secondary N) is 1. The third-order valence-electron chi connectivity index (χ3n) is 3.63. The largest absolute Gasteiger partial charge is 0.497 e. The van der Waals surface area contributed by atoms with Gasteiger partial charge in [-0.2, -0.15) is 4.98 Å². The Bertz CT molecular complexity index is 877. The number of hydrogen-bond donors (Lipinski definition) is 1. The lowest BCUT2D eigenvalue weighted by molar-refractivity contribution is 0.0932. The number of hydrogen-bond acceptors (Lipinski definition) is 5. The average Bonchev–Trinajstić information content (AvgIpc) is 3.12. The maximum atomic E-state index is 12.3. The highest BCUT2D eigenvalue weighted by atomic mass is 35.5. The van der Waals surface area contributed by atoms with Gasteiger partial charge in [-0.1, -0.05) is 28.9 Å². The minimum absolute atomic E-state index is 0.303. The van der Waals surface area contributed by atoms with Gasteiger partial charge in [-0.3, -0.25) is 4.79 Å². The van der Waals surface area contributed by atoms with E-state index in [1.807, 2.05) is 24.3 Å². The molecule has 1 heterocycles. The van der Waals surface area contributed by atoms with E-state index in [1.165, 1.54) is 0 Å². The van der Waals surface area contributed by atoms with Crippen LogP contribution >= 0.6 is 11.6 Å². The lowest BCUT2D eigenvalue weighted by Gasteiger charge is -2.10. The van der Waals surface area contributed by atoms with Gasteiger partial charge in [0.1, 0.15) is 11.8 Å². The van der Waals surface area contributed by atoms with Gasteiger partial charge in [0.05, 0.1) is 17.7 Å². The van der Waals surface area contributed by atoms with Crippen LogP contribution < -0.4 is 10.1 Å². The molecule has 1 aromatic heterocycles. The number of carbonyl (C=O) groups excluding carboxylic acids is 1. The number of methoxy groups -OCH3 is 1. The maximum absolute atomic E-state index is 12.3. The minimum Gasteiger partial charge on any atom is -0.497 e. The van der Waals surface area contributed by atoms with Gasteiger partial charge in [0, 0.05) is 5.56 Å². The Hall–Kier alpha value is -2.86. The Morgan fingerprint density at radius 3 is 2.60 bits per heavy atom. The Kier molecular flexibility index (Phi) is 5.00. The Morgan fingerprint density at radius 1 is 1.20 bits per heavy atom. The van der Waals surface area contributed by atoms with Gasteiger partial charge < -0.3 is 14.6 Å². The van der Waals surface area contributed by atoms with E-state index in [0.717, 1.165) is 11.3 Å². The van der Waals surface area contributed by atoms with Crippen LogP contribution in [-0.4, -0.2) is 23.2 Å². The fourth-order valence-corrected chi connectivity index (χ4v) is 2.47. The standard InChI is InChI=1S/C18H16ClN3O3/c1-11(20-17(23)14-5-3-4-6-15(14)19)18-21-16(22-25-18)12-7-9-13(24-2)10-8-12/h3-11H,1-2H3,(H,20,23). The smallest absolute Gasteiger partial charge is 0.253 e. The summed E-state index contributed by atoms with van der Waals surface area (Å²) in [4.78, 5) is 16.6. The Labute approximate surface area is 149 Å². The molecule has 0 saturated heterocycles. The first-order chi connectivity index (χ1) is 12.1. The summed E-state index contributed by atoms with van der Waals surface area (Å²) in [6.45, 7) is 1.76. The molecule has 1 unspecified atom stereocenters. The van der Waals surface area contributed by atoms with Crippen LogP contribution in [0, 0.1) is 0 Å². The summed E-state index contributed by atoms with van der Waals surface area (Å²) in [5.74, 6) is 1.19. The number of rotatable bonds is 5. The molecule has 0 spiro atoms. The van der Waals surface area contributed by atoms with Gasteiger partial charge in [0.2, 0.25) is 11.7 Å². The average molecular weight is 358 g/mol. The zero-order valence-electron chi connectivity index (χ0n) is 13.7. The van der Waals surface area contributed by atoms with Gasteiger partial charge in [-0.05, 0) is 43.3 Å². The van der Waals surface area contributed by atoms with Crippen LogP contribution in [-0.2, 0) is 0 Å². The fourth-order valence-electron chi connectivity index (χ4n) is 2.25. The van der Waals surface area contributed by atoms with Crippen molar-refractivity contribution >= 4 is 17.5 Å². The van der Waals surface area contributed by atoms with Crippen LogP contribution in [0.5, 0.6) is 5.75 Å². The van der Waals surface area contributed by atoms with E-state index in [9.17, 15) is 4.79 Å². The summed E-state index contributed by atoms with van der Waals surface area (Å²) in [6.07, 6.45) is 0. The topological polar surface area (TPSA) is 77.3 Å². The van der Waals surface area contributed by atoms with Gasteiger partial charge in [-0.15, -0.1) is 0 Å². The molecule has 0 aliphatic rings. The van der Waals surface area contributed by atoms with E-state index < -0.39 is 6.04 Å². The molecule has 128 valence electrons. The maximum Gasteiger partial charge on any atom is 0.253 e. The van der Waals surface area contributed by atoms with E-state index in [2.05, 4.69) is 15.5 Å². The fraction of sp³-hybridized carbons (Fsp3) is 0.167. The number of nitrogens with zero attached hydrogens (tertiary/aromatic N) is 2. The van der Waals surface area contributed by atoms with Crippen LogP contribution in [0.2, 0.25) is 5.02 Å². The number of benzene rings is 2. The molecule has 3 rings (SSSR count). The van der Waals surface area contributed by atoms with Crippen LogP contribution in [0.1, 0.15) is 29.2 Å². The van der Waals surface area contributed by atoms with E-state index in [0.29, 0.717) is 22.3 Å². The first kappa shape index (κ1) is 17.0. The molecule has 2 aromatic carbocycles. The summed E-state index contributed by atoms with van der Waals surface area (Å²) in [5, 5.41) is 7.14. The highest BCUT2D eigenvalue weighted by Crippen LogP contribution is 2.22. The molecule has 6 nitrogen and oxygen atoms in total. The zero-order chi connectivity index (χ0) is 17.8. The molecule has 0 fully saturated rings. The molecule has 7 heteroatoms. The highest BCUT2D eigenvalue weighted by Gasteiger charge is 2.19. The molecule has 0 aliphatic heterocycles. The number of halogens is 1. The van der Waals surface area contributed by atoms with E-state index in [1.54, 1.807) is 38.3 Å². The molecule has 1 amide bonds. The Morgan fingerprint density at radius 2 is 1.92 bits per heavy atom. The summed E-state index contributed by atoms with van der Waals surface area (Å²) >= 11 is 6.03. The molecule has 0 radical (unpaired) electrons. The van der Waals surface area contributed by atoms with Gasteiger partial charge in [0.15, 0.2) is 0 Å². The molecule has 0 bridgehead atoms. The van der Waals surface area contributed by atoms with E-state index >= 15 is 0 Å². The molecule has 3 aromatic rings. The van der Waals surface area contributed by atoms with E-state index in [4.69, 9.17) is 20.9 Å². The van der Waals surface area contributed by atoms with Crippen molar-refractivity contribution < 1.29 is 14.1 Å². The predicted molar refractivity (Wildman–Crippen MR) is 93.6 cm³/mol. The van der Waals surface area contributed by atoms with Crippen molar-refractivity contribution in [2.24, 2.45) is 0 Å². The molecule has 0 aliphatic carbocycles. The second-order valence-electron chi connectivity index (χ2n) is 5.36. The second-order valence-corrected chi connectivity index (χ2v) is 5.77. The summed E-state index contributed by atoms with van der Waals surface area (Å²) in [7, 11) is 1.60. The molecular formula is C18H16ClN3O3. The zero-order valence-corrected chi connectivity index (χ0v) is 14.4. The van der Waals surface area contributed by atoms with E-state index in [-0.39, 0.29) is 5.91 Å². The Balaban J connectivity index is 1.73. The lowest BCUT2D eigenvalue weighted by Crippen LogP contribution is -2.27. The molecule has 25 heavy (non-hydrogen) atoms. The first-order valence-electron chi connectivity index (χ1n) is 7.62. The van der Waals surface area contributed by atoms with Crippen LogP contribution in [0.25, 0.3) is 11.4 Å². The van der Waals surface area contributed by atoms with Crippen molar-refractivity contribution in [1.29, 1.82) is 0 Å². The molecule has 0 saturated carbocycles. The van der Waals surface area contributed by atoms with Crippen molar-refractivity contribution in [3.63, 3.8) is 0 Å². The van der Waals surface area contributed by atoms with Crippen LogP contribution in [0.3, 0.4) is 0 Å². The second kappa shape index (κ2) is 7.36. The number of aromatic nitrogens is 2. The van der Waals surface area contributed by atoms with Crippen LogP contribution in [0.4, 0.5) is 0 Å². The van der Waals surface area contributed by atoms with Crippen molar-refractivity contribution in [1.82, 2.24) is 15.5 Å². The summed E-state index contributed by atoms with van der Waals surface area (Å²) < 4.78 is 10.4. The third-order valence-corrected chi connectivity index (χ3v) is 3.96. The number of ether oxygens (including phenoxy) is 1. The third kappa shape index (κ3) is 3.80.